The van der Waals surface area contributed by atoms with Gasteiger partial charge in [0.05, 0.1) is 0 Å². The highest BCUT2D eigenvalue weighted by atomic mass is 16.6. The van der Waals surface area contributed by atoms with Crippen molar-refractivity contribution in [2.24, 2.45) is 0 Å². The molecule has 0 saturated carbocycles. The first-order chi connectivity index (χ1) is 11.4. The number of ether oxygens (including phenoxy) is 1. The summed E-state index contributed by atoms with van der Waals surface area (Å²) in [6.45, 7) is 6.93. The first-order valence-corrected chi connectivity index (χ1v) is 8.29. The van der Waals surface area contributed by atoms with Crippen LogP contribution in [-0.2, 0) is 4.74 Å². The third-order valence-corrected chi connectivity index (χ3v) is 3.97. The van der Waals surface area contributed by atoms with E-state index in [0.29, 0.717) is 19.0 Å². The Labute approximate surface area is 141 Å². The molecule has 24 heavy (non-hydrogen) atoms. The average molecular weight is 329 g/mol. The number of nitrogens with zero attached hydrogens (tertiary/aromatic N) is 3. The van der Waals surface area contributed by atoms with E-state index in [2.05, 4.69) is 10.1 Å². The van der Waals surface area contributed by atoms with Crippen LogP contribution < -0.4 is 0 Å². The maximum absolute atomic E-state index is 12.1. The average Bonchev–Trinajstić information content (AvgIpc) is 3.04. The Kier molecular flexibility index (Phi) is 4.55. The van der Waals surface area contributed by atoms with Gasteiger partial charge in [0.2, 0.25) is 0 Å². The summed E-state index contributed by atoms with van der Waals surface area (Å²) in [6, 6.07) is 9.73. The van der Waals surface area contributed by atoms with E-state index >= 15 is 0 Å². The molecule has 0 unspecified atom stereocenters. The zero-order valence-electron chi connectivity index (χ0n) is 14.4. The molecule has 6 heteroatoms. The van der Waals surface area contributed by atoms with E-state index in [1.807, 2.05) is 51.1 Å². The lowest BCUT2D eigenvalue weighted by molar-refractivity contribution is 0.0203. The zero-order valence-corrected chi connectivity index (χ0v) is 14.4. The molecule has 2 aromatic rings. The van der Waals surface area contributed by atoms with Gasteiger partial charge in [-0.15, -0.1) is 0 Å². The third kappa shape index (κ3) is 3.93. The van der Waals surface area contributed by atoms with Crippen LogP contribution in [0.3, 0.4) is 0 Å². The molecule has 6 nitrogen and oxygen atoms in total. The molecular weight excluding hydrogens is 306 g/mol. The summed E-state index contributed by atoms with van der Waals surface area (Å²) in [5, 5.41) is 4.12. The summed E-state index contributed by atoms with van der Waals surface area (Å²) in [5.41, 5.74) is 0.453. The molecule has 1 saturated heterocycles. The lowest BCUT2D eigenvalue weighted by atomic mass is 9.96. The molecule has 1 aliphatic rings. The summed E-state index contributed by atoms with van der Waals surface area (Å²) < 4.78 is 10.8. The fraction of sp³-hybridized carbons (Fsp3) is 0.500. The molecule has 2 heterocycles. The molecule has 1 aliphatic heterocycles. The number of carbonyl (C=O) groups is 1. The van der Waals surface area contributed by atoms with Gasteiger partial charge in [-0.2, -0.15) is 4.98 Å². The van der Waals surface area contributed by atoms with Crippen LogP contribution in [0.25, 0.3) is 11.5 Å². The third-order valence-electron chi connectivity index (χ3n) is 3.97. The second-order valence-electron chi connectivity index (χ2n) is 7.07. The van der Waals surface area contributed by atoms with Crippen molar-refractivity contribution in [3.63, 3.8) is 0 Å². The smallest absolute Gasteiger partial charge is 0.410 e. The maximum atomic E-state index is 12.1. The molecule has 3 rings (SSSR count). The lowest BCUT2D eigenvalue weighted by Crippen LogP contribution is -2.41. The highest BCUT2D eigenvalue weighted by Crippen LogP contribution is 2.28. The summed E-state index contributed by atoms with van der Waals surface area (Å²) >= 11 is 0. The first kappa shape index (κ1) is 16.5. The van der Waals surface area contributed by atoms with Crippen molar-refractivity contribution >= 4 is 6.09 Å². The van der Waals surface area contributed by atoms with E-state index in [4.69, 9.17) is 9.26 Å². The fourth-order valence-corrected chi connectivity index (χ4v) is 2.75. The van der Waals surface area contributed by atoms with Crippen molar-refractivity contribution in [3.8, 4) is 11.5 Å². The van der Waals surface area contributed by atoms with Crippen LogP contribution in [0.1, 0.15) is 45.4 Å². The van der Waals surface area contributed by atoms with E-state index in [-0.39, 0.29) is 12.0 Å². The molecule has 0 atom stereocenters. The van der Waals surface area contributed by atoms with Crippen LogP contribution in [0.4, 0.5) is 4.79 Å². The fourth-order valence-electron chi connectivity index (χ4n) is 2.75. The molecule has 0 bridgehead atoms. The normalized spacial score (nSPS) is 16.2. The quantitative estimate of drug-likeness (QED) is 0.837. The summed E-state index contributed by atoms with van der Waals surface area (Å²) in [5.74, 6) is 1.47. The van der Waals surface area contributed by atoms with Gasteiger partial charge in [0.25, 0.3) is 5.89 Å². The van der Waals surface area contributed by atoms with Crippen molar-refractivity contribution in [2.45, 2.75) is 45.1 Å². The Morgan fingerprint density at radius 1 is 1.21 bits per heavy atom. The second kappa shape index (κ2) is 6.63. The van der Waals surface area contributed by atoms with Crippen molar-refractivity contribution < 1.29 is 14.1 Å². The minimum Gasteiger partial charge on any atom is -0.444 e. The standard InChI is InChI=1S/C18H23N3O3/c1-18(2,3)23-17(22)21-11-9-13(10-12-21)15-19-16(24-20-15)14-7-5-4-6-8-14/h4-8,13H,9-12H2,1-3H3. The Bertz CT molecular complexity index is 683. The zero-order chi connectivity index (χ0) is 17.2. The van der Waals surface area contributed by atoms with E-state index in [9.17, 15) is 4.79 Å². The largest absolute Gasteiger partial charge is 0.444 e. The summed E-state index contributed by atoms with van der Waals surface area (Å²) in [6.07, 6.45) is 1.37. The number of aromatic nitrogens is 2. The Balaban J connectivity index is 1.59. The molecule has 0 N–H and O–H groups in total. The molecule has 0 radical (unpaired) electrons. The molecule has 0 spiro atoms. The first-order valence-electron chi connectivity index (χ1n) is 8.29. The van der Waals surface area contributed by atoms with Gasteiger partial charge in [0.1, 0.15) is 5.60 Å². The minimum absolute atomic E-state index is 0.213. The van der Waals surface area contributed by atoms with Crippen molar-refractivity contribution in [1.29, 1.82) is 0 Å². The second-order valence-corrected chi connectivity index (χ2v) is 7.07. The number of rotatable bonds is 2. The van der Waals surface area contributed by atoms with Crippen molar-refractivity contribution in [2.75, 3.05) is 13.1 Å². The van der Waals surface area contributed by atoms with Crippen LogP contribution in [0.15, 0.2) is 34.9 Å². The van der Waals surface area contributed by atoms with Gasteiger partial charge in [-0.1, -0.05) is 23.4 Å². The van der Waals surface area contributed by atoms with Gasteiger partial charge in [-0.25, -0.2) is 4.79 Å². The van der Waals surface area contributed by atoms with Gasteiger partial charge in [0, 0.05) is 24.6 Å². The number of likely N-dealkylation sites (tertiary alicyclic amines) is 1. The van der Waals surface area contributed by atoms with Crippen molar-refractivity contribution in [1.82, 2.24) is 15.0 Å². The van der Waals surface area contributed by atoms with Gasteiger partial charge in [-0.05, 0) is 45.7 Å². The minimum atomic E-state index is -0.466. The molecule has 1 fully saturated rings. The highest BCUT2D eigenvalue weighted by Gasteiger charge is 2.29. The molecule has 0 aliphatic carbocycles. The predicted octanol–water partition coefficient (Wildman–Crippen LogP) is 3.85. The molecular formula is C18H23N3O3. The number of hydrogen-bond acceptors (Lipinski definition) is 5. The van der Waals surface area contributed by atoms with E-state index in [1.165, 1.54) is 0 Å². The molecule has 1 aromatic carbocycles. The number of hydrogen-bond donors (Lipinski definition) is 0. The Morgan fingerprint density at radius 3 is 2.50 bits per heavy atom. The van der Waals surface area contributed by atoms with E-state index in [0.717, 1.165) is 24.2 Å². The Hall–Kier alpha value is -2.37. The molecule has 128 valence electrons. The number of amides is 1. The maximum Gasteiger partial charge on any atom is 0.410 e. The topological polar surface area (TPSA) is 68.5 Å². The monoisotopic (exact) mass is 329 g/mol. The van der Waals surface area contributed by atoms with E-state index in [1.54, 1.807) is 4.90 Å². The summed E-state index contributed by atoms with van der Waals surface area (Å²) in [7, 11) is 0. The van der Waals surface area contributed by atoms with Gasteiger partial charge in [-0.3, -0.25) is 0 Å². The Morgan fingerprint density at radius 2 is 1.88 bits per heavy atom. The van der Waals surface area contributed by atoms with Crippen LogP contribution in [0.2, 0.25) is 0 Å². The summed E-state index contributed by atoms with van der Waals surface area (Å²) in [4.78, 5) is 18.4. The number of benzene rings is 1. The van der Waals surface area contributed by atoms with Crippen LogP contribution >= 0.6 is 0 Å². The number of carbonyl (C=O) groups excluding carboxylic acids is 1. The van der Waals surface area contributed by atoms with Crippen LogP contribution in [0, 0.1) is 0 Å². The molecule has 1 amide bonds. The van der Waals surface area contributed by atoms with Crippen molar-refractivity contribution in [3.05, 3.63) is 36.2 Å². The van der Waals surface area contributed by atoms with Crippen LogP contribution in [-0.4, -0.2) is 39.8 Å². The van der Waals surface area contributed by atoms with Gasteiger partial charge >= 0.3 is 6.09 Å². The lowest BCUT2D eigenvalue weighted by Gasteiger charge is -2.32. The SMILES string of the molecule is CC(C)(C)OC(=O)N1CCC(c2noc(-c3ccccc3)n2)CC1. The molecule has 1 aromatic heterocycles. The van der Waals surface area contributed by atoms with Crippen LogP contribution in [0.5, 0.6) is 0 Å². The van der Waals surface area contributed by atoms with Gasteiger partial charge in [0.15, 0.2) is 5.82 Å². The number of piperidine rings is 1. The van der Waals surface area contributed by atoms with E-state index < -0.39 is 5.60 Å². The highest BCUT2D eigenvalue weighted by molar-refractivity contribution is 5.68. The van der Waals surface area contributed by atoms with Gasteiger partial charge < -0.3 is 14.2 Å². The predicted molar refractivity (Wildman–Crippen MR) is 89.5 cm³/mol.